The summed E-state index contributed by atoms with van der Waals surface area (Å²) < 4.78 is 5.38. The highest BCUT2D eigenvalue weighted by Crippen LogP contribution is 2.38. The Kier molecular flexibility index (Phi) is 4.36. The van der Waals surface area contributed by atoms with Gasteiger partial charge in [-0.15, -0.1) is 0 Å². The summed E-state index contributed by atoms with van der Waals surface area (Å²) in [4.78, 5) is 6.84. The fourth-order valence-corrected chi connectivity index (χ4v) is 3.14. The monoisotopic (exact) mass is 279 g/mol. The molecule has 2 saturated carbocycles. The fraction of sp³-hybridized carbons (Fsp3) is 0.867. The average molecular weight is 279 g/mol. The van der Waals surface area contributed by atoms with E-state index < -0.39 is 0 Å². The lowest BCUT2D eigenvalue weighted by Gasteiger charge is -2.34. The van der Waals surface area contributed by atoms with Crippen molar-refractivity contribution in [1.29, 1.82) is 0 Å². The Labute approximate surface area is 120 Å². The number of hydrogen-bond acceptors (Lipinski definition) is 5. The molecule has 2 fully saturated rings. The molecule has 2 aliphatic carbocycles. The molecule has 0 aromatic carbocycles. The summed E-state index contributed by atoms with van der Waals surface area (Å²) in [7, 11) is 0. The molecule has 112 valence electrons. The molecule has 1 aromatic rings. The molecule has 0 amide bonds. The highest BCUT2D eigenvalue weighted by molar-refractivity contribution is 5.03. The van der Waals surface area contributed by atoms with E-state index in [1.165, 1.54) is 44.9 Å². The molecule has 1 heterocycles. The molecule has 1 unspecified atom stereocenters. The Morgan fingerprint density at radius 2 is 2.00 bits per heavy atom. The maximum absolute atomic E-state index is 9.73. The summed E-state index contributed by atoms with van der Waals surface area (Å²) in [6.45, 7) is 3.21. The van der Waals surface area contributed by atoms with Gasteiger partial charge in [-0.1, -0.05) is 24.4 Å². The highest BCUT2D eigenvalue weighted by atomic mass is 16.5. The molecule has 0 bridgehead atoms. The minimum Gasteiger partial charge on any atom is -0.392 e. The molecule has 1 atom stereocenters. The zero-order valence-electron chi connectivity index (χ0n) is 12.3. The van der Waals surface area contributed by atoms with Crippen LogP contribution in [0, 0.1) is 0 Å². The van der Waals surface area contributed by atoms with Crippen LogP contribution in [0.1, 0.15) is 69.5 Å². The SMILES string of the molecule is CC(O)CN(Cc1nc(C2CC2)no1)C1CCCCC1. The van der Waals surface area contributed by atoms with Crippen LogP contribution in [-0.4, -0.2) is 38.8 Å². The highest BCUT2D eigenvalue weighted by Gasteiger charge is 2.30. The molecular weight excluding hydrogens is 254 g/mol. The fourth-order valence-electron chi connectivity index (χ4n) is 3.14. The van der Waals surface area contributed by atoms with Crippen LogP contribution in [0.2, 0.25) is 0 Å². The van der Waals surface area contributed by atoms with Gasteiger partial charge in [0.2, 0.25) is 5.89 Å². The van der Waals surface area contributed by atoms with Crippen LogP contribution in [0.3, 0.4) is 0 Å². The number of nitrogens with zero attached hydrogens (tertiary/aromatic N) is 3. The van der Waals surface area contributed by atoms with Crippen molar-refractivity contribution in [1.82, 2.24) is 15.0 Å². The first-order chi connectivity index (χ1) is 9.72. The van der Waals surface area contributed by atoms with Crippen LogP contribution < -0.4 is 0 Å². The molecule has 1 N–H and O–H groups in total. The first-order valence-electron chi connectivity index (χ1n) is 7.97. The van der Waals surface area contributed by atoms with Crippen molar-refractivity contribution >= 4 is 0 Å². The second-order valence-corrected chi connectivity index (χ2v) is 6.39. The molecule has 0 radical (unpaired) electrons. The van der Waals surface area contributed by atoms with Gasteiger partial charge in [0, 0.05) is 18.5 Å². The van der Waals surface area contributed by atoms with Crippen molar-refractivity contribution in [2.75, 3.05) is 6.54 Å². The summed E-state index contributed by atoms with van der Waals surface area (Å²) in [5.41, 5.74) is 0. The maximum atomic E-state index is 9.73. The van der Waals surface area contributed by atoms with Crippen molar-refractivity contribution in [2.24, 2.45) is 0 Å². The van der Waals surface area contributed by atoms with Gasteiger partial charge in [0.1, 0.15) is 0 Å². The third-order valence-electron chi connectivity index (χ3n) is 4.35. The van der Waals surface area contributed by atoms with Crippen molar-refractivity contribution in [2.45, 2.75) is 76.5 Å². The Morgan fingerprint density at radius 3 is 2.65 bits per heavy atom. The number of hydrogen-bond donors (Lipinski definition) is 1. The quantitative estimate of drug-likeness (QED) is 0.866. The van der Waals surface area contributed by atoms with Gasteiger partial charge in [0.05, 0.1) is 12.6 Å². The molecule has 5 nitrogen and oxygen atoms in total. The van der Waals surface area contributed by atoms with Crippen LogP contribution in [-0.2, 0) is 6.54 Å². The van der Waals surface area contributed by atoms with Gasteiger partial charge in [-0.3, -0.25) is 4.90 Å². The first kappa shape index (κ1) is 14.0. The topological polar surface area (TPSA) is 62.4 Å². The van der Waals surface area contributed by atoms with Crippen LogP contribution in [0.5, 0.6) is 0 Å². The van der Waals surface area contributed by atoms with Gasteiger partial charge in [0.25, 0.3) is 0 Å². The lowest BCUT2D eigenvalue weighted by atomic mass is 9.94. The van der Waals surface area contributed by atoms with Crippen LogP contribution in [0.15, 0.2) is 4.52 Å². The molecule has 0 aliphatic heterocycles. The molecule has 5 heteroatoms. The summed E-state index contributed by atoms with van der Waals surface area (Å²) >= 11 is 0. The van der Waals surface area contributed by atoms with Crippen LogP contribution in [0.25, 0.3) is 0 Å². The van der Waals surface area contributed by atoms with Gasteiger partial charge in [-0.2, -0.15) is 4.98 Å². The van der Waals surface area contributed by atoms with E-state index in [4.69, 9.17) is 4.52 Å². The predicted octanol–water partition coefficient (Wildman–Crippen LogP) is 2.46. The summed E-state index contributed by atoms with van der Waals surface area (Å²) in [6.07, 6.45) is 8.43. The van der Waals surface area contributed by atoms with Crippen molar-refractivity contribution in [3.8, 4) is 0 Å². The normalized spacial score (nSPS) is 22.4. The zero-order chi connectivity index (χ0) is 13.9. The van der Waals surface area contributed by atoms with E-state index in [2.05, 4.69) is 15.0 Å². The van der Waals surface area contributed by atoms with E-state index in [0.717, 1.165) is 5.82 Å². The standard InChI is InChI=1S/C15H25N3O2/c1-11(19)9-18(13-5-3-2-4-6-13)10-14-16-15(17-20-14)12-7-8-12/h11-13,19H,2-10H2,1H3. The lowest BCUT2D eigenvalue weighted by molar-refractivity contribution is 0.0689. The van der Waals surface area contributed by atoms with E-state index in [-0.39, 0.29) is 6.10 Å². The number of aromatic nitrogens is 2. The van der Waals surface area contributed by atoms with Gasteiger partial charge in [0.15, 0.2) is 5.82 Å². The van der Waals surface area contributed by atoms with Gasteiger partial charge in [-0.25, -0.2) is 0 Å². The van der Waals surface area contributed by atoms with E-state index in [9.17, 15) is 5.11 Å². The molecular formula is C15H25N3O2. The van der Waals surface area contributed by atoms with Gasteiger partial charge < -0.3 is 9.63 Å². The molecule has 0 spiro atoms. The minimum atomic E-state index is -0.317. The molecule has 3 rings (SSSR count). The molecule has 0 saturated heterocycles. The predicted molar refractivity (Wildman–Crippen MR) is 75.2 cm³/mol. The van der Waals surface area contributed by atoms with E-state index in [1.54, 1.807) is 0 Å². The number of aliphatic hydroxyl groups excluding tert-OH is 1. The number of aliphatic hydroxyl groups is 1. The Morgan fingerprint density at radius 1 is 1.25 bits per heavy atom. The summed E-state index contributed by atoms with van der Waals surface area (Å²) in [6, 6.07) is 0.551. The summed E-state index contributed by atoms with van der Waals surface area (Å²) in [5, 5.41) is 13.8. The molecule has 20 heavy (non-hydrogen) atoms. The van der Waals surface area contributed by atoms with E-state index >= 15 is 0 Å². The second kappa shape index (κ2) is 6.22. The smallest absolute Gasteiger partial charge is 0.240 e. The van der Waals surface area contributed by atoms with Crippen molar-refractivity contribution in [3.63, 3.8) is 0 Å². The lowest BCUT2D eigenvalue weighted by Crippen LogP contribution is -2.40. The molecule has 2 aliphatic rings. The summed E-state index contributed by atoms with van der Waals surface area (Å²) in [5.74, 6) is 2.12. The van der Waals surface area contributed by atoms with Gasteiger partial charge in [-0.05, 0) is 32.6 Å². The van der Waals surface area contributed by atoms with E-state index in [1.807, 2.05) is 6.92 Å². The zero-order valence-corrected chi connectivity index (χ0v) is 12.3. The van der Waals surface area contributed by atoms with Crippen molar-refractivity contribution in [3.05, 3.63) is 11.7 Å². The van der Waals surface area contributed by atoms with Crippen molar-refractivity contribution < 1.29 is 9.63 Å². The largest absolute Gasteiger partial charge is 0.392 e. The average Bonchev–Trinajstić information content (AvgIpc) is 3.19. The maximum Gasteiger partial charge on any atom is 0.240 e. The van der Waals surface area contributed by atoms with Crippen LogP contribution in [0.4, 0.5) is 0 Å². The Hall–Kier alpha value is -0.940. The first-order valence-corrected chi connectivity index (χ1v) is 7.97. The van der Waals surface area contributed by atoms with Crippen LogP contribution >= 0.6 is 0 Å². The Bertz CT molecular complexity index is 423. The second-order valence-electron chi connectivity index (χ2n) is 6.39. The Balaban J connectivity index is 1.64. The third-order valence-corrected chi connectivity index (χ3v) is 4.35. The molecule has 1 aromatic heterocycles. The minimum absolute atomic E-state index is 0.317. The third kappa shape index (κ3) is 3.58. The number of rotatable bonds is 6. The van der Waals surface area contributed by atoms with E-state index in [0.29, 0.717) is 30.9 Å². The van der Waals surface area contributed by atoms with Gasteiger partial charge >= 0.3 is 0 Å².